The van der Waals surface area contributed by atoms with Gasteiger partial charge < -0.3 is 4.74 Å². The van der Waals surface area contributed by atoms with Crippen LogP contribution >= 0.6 is 0 Å². The Morgan fingerprint density at radius 2 is 1.85 bits per heavy atom. The molecule has 0 atom stereocenters. The number of rotatable bonds is 4. The lowest BCUT2D eigenvalue weighted by molar-refractivity contribution is 0.0730. The van der Waals surface area contributed by atoms with Crippen LogP contribution in [0.2, 0.25) is 0 Å². The van der Waals surface area contributed by atoms with Gasteiger partial charge in [0, 0.05) is 5.39 Å². The summed E-state index contributed by atoms with van der Waals surface area (Å²) in [6.45, 7) is 1.96. The molecule has 3 aromatic rings. The van der Waals surface area contributed by atoms with Gasteiger partial charge in [-0.2, -0.15) is 5.26 Å². The molecule has 0 fully saturated rings. The summed E-state index contributed by atoms with van der Waals surface area (Å²) in [5, 5.41) is 8.94. The minimum Gasteiger partial charge on any atom is -0.423 e. The number of ether oxygens (including phenoxy) is 1. The standard InChI is InChI=1S/C21H14F3NO2/c1-2-3-12-4-6-16(18(22)8-12)21(26)27-14-5-7-15-13(9-14)10-19(23)17(11-25)20(15)24/h4-10H,2-3H2,1H3. The van der Waals surface area contributed by atoms with Gasteiger partial charge in [0.05, 0.1) is 5.56 Å². The average molecular weight is 369 g/mol. The van der Waals surface area contributed by atoms with Gasteiger partial charge >= 0.3 is 5.97 Å². The summed E-state index contributed by atoms with van der Waals surface area (Å²) < 4.78 is 47.2. The average Bonchev–Trinajstić information content (AvgIpc) is 2.62. The molecule has 3 nitrogen and oxygen atoms in total. The van der Waals surface area contributed by atoms with Gasteiger partial charge in [0.1, 0.15) is 29.0 Å². The number of benzene rings is 3. The zero-order valence-corrected chi connectivity index (χ0v) is 14.4. The van der Waals surface area contributed by atoms with Crippen molar-refractivity contribution in [3.63, 3.8) is 0 Å². The second kappa shape index (κ2) is 7.50. The van der Waals surface area contributed by atoms with E-state index in [0.717, 1.165) is 18.1 Å². The van der Waals surface area contributed by atoms with Crippen LogP contribution in [0.5, 0.6) is 5.75 Å². The van der Waals surface area contributed by atoms with E-state index in [0.29, 0.717) is 6.42 Å². The van der Waals surface area contributed by atoms with Gasteiger partial charge in [-0.15, -0.1) is 0 Å². The lowest BCUT2D eigenvalue weighted by Gasteiger charge is -2.09. The van der Waals surface area contributed by atoms with Gasteiger partial charge in [0.25, 0.3) is 0 Å². The predicted molar refractivity (Wildman–Crippen MR) is 93.9 cm³/mol. The summed E-state index contributed by atoms with van der Waals surface area (Å²) in [6.07, 6.45) is 1.54. The second-order valence-electron chi connectivity index (χ2n) is 6.00. The van der Waals surface area contributed by atoms with Crippen LogP contribution in [0.4, 0.5) is 13.2 Å². The number of hydrogen-bond donors (Lipinski definition) is 0. The van der Waals surface area contributed by atoms with E-state index in [9.17, 15) is 18.0 Å². The van der Waals surface area contributed by atoms with Crippen LogP contribution in [-0.2, 0) is 6.42 Å². The van der Waals surface area contributed by atoms with Crippen LogP contribution in [0.25, 0.3) is 10.8 Å². The summed E-state index contributed by atoms with van der Waals surface area (Å²) in [5.74, 6) is -3.59. The molecule has 0 heterocycles. The first-order valence-electron chi connectivity index (χ1n) is 8.27. The van der Waals surface area contributed by atoms with Gasteiger partial charge in [-0.25, -0.2) is 18.0 Å². The minimum atomic E-state index is -1.01. The van der Waals surface area contributed by atoms with Crippen LogP contribution in [0.1, 0.15) is 34.8 Å². The Hall–Kier alpha value is -3.33. The van der Waals surface area contributed by atoms with Crippen molar-refractivity contribution in [2.45, 2.75) is 19.8 Å². The third kappa shape index (κ3) is 3.63. The highest BCUT2D eigenvalue weighted by Crippen LogP contribution is 2.27. The largest absolute Gasteiger partial charge is 0.423 e. The maximum Gasteiger partial charge on any atom is 0.346 e. The molecule has 3 rings (SSSR count). The SMILES string of the molecule is CCCc1ccc(C(=O)Oc2ccc3c(F)c(C#N)c(F)cc3c2)c(F)c1. The van der Waals surface area contributed by atoms with Crippen LogP contribution in [0.15, 0.2) is 42.5 Å². The molecule has 0 aliphatic heterocycles. The molecule has 0 bridgehead atoms. The quantitative estimate of drug-likeness (QED) is 0.463. The van der Waals surface area contributed by atoms with E-state index in [1.165, 1.54) is 36.4 Å². The number of hydrogen-bond acceptors (Lipinski definition) is 3. The summed E-state index contributed by atoms with van der Waals surface area (Å²) in [7, 11) is 0. The van der Waals surface area contributed by atoms with E-state index in [2.05, 4.69) is 0 Å². The fourth-order valence-electron chi connectivity index (χ4n) is 2.80. The Labute approximate surface area is 153 Å². The molecule has 136 valence electrons. The zero-order valence-electron chi connectivity index (χ0n) is 14.4. The number of nitrogens with zero attached hydrogens (tertiary/aromatic N) is 1. The molecule has 27 heavy (non-hydrogen) atoms. The molecule has 0 aliphatic rings. The number of fused-ring (bicyclic) bond motifs is 1. The molecular weight excluding hydrogens is 355 g/mol. The van der Waals surface area contributed by atoms with Gasteiger partial charge in [0.15, 0.2) is 5.82 Å². The van der Waals surface area contributed by atoms with E-state index in [-0.39, 0.29) is 22.1 Å². The Balaban J connectivity index is 1.91. The molecular formula is C21H14F3NO2. The van der Waals surface area contributed by atoms with Crippen molar-refractivity contribution >= 4 is 16.7 Å². The van der Waals surface area contributed by atoms with Crippen molar-refractivity contribution in [2.24, 2.45) is 0 Å². The van der Waals surface area contributed by atoms with E-state index in [4.69, 9.17) is 10.00 Å². The summed E-state index contributed by atoms with van der Waals surface area (Å²) in [4.78, 5) is 12.2. The number of carbonyl (C=O) groups is 1. The number of esters is 1. The van der Waals surface area contributed by atoms with Crippen LogP contribution in [0, 0.1) is 28.8 Å². The molecule has 0 saturated carbocycles. The van der Waals surface area contributed by atoms with Gasteiger partial charge in [-0.1, -0.05) is 19.4 Å². The van der Waals surface area contributed by atoms with Crippen LogP contribution in [-0.4, -0.2) is 5.97 Å². The number of aryl methyl sites for hydroxylation is 1. The topological polar surface area (TPSA) is 50.1 Å². The molecule has 0 amide bonds. The molecule has 0 saturated heterocycles. The first kappa shape index (κ1) is 18.5. The third-order valence-electron chi connectivity index (χ3n) is 4.11. The minimum absolute atomic E-state index is 0.00745. The number of carbonyl (C=O) groups excluding carboxylic acids is 1. The van der Waals surface area contributed by atoms with Gasteiger partial charge in [0.2, 0.25) is 0 Å². The first-order valence-corrected chi connectivity index (χ1v) is 8.27. The highest BCUT2D eigenvalue weighted by atomic mass is 19.1. The Morgan fingerprint density at radius 1 is 1.07 bits per heavy atom. The Kier molecular flexibility index (Phi) is 5.13. The maximum atomic E-state index is 14.1. The highest BCUT2D eigenvalue weighted by molar-refractivity contribution is 5.92. The van der Waals surface area contributed by atoms with Crippen molar-refractivity contribution in [1.29, 1.82) is 5.26 Å². The van der Waals surface area contributed by atoms with E-state index in [1.807, 2.05) is 6.92 Å². The van der Waals surface area contributed by atoms with Crippen molar-refractivity contribution in [1.82, 2.24) is 0 Å². The maximum absolute atomic E-state index is 14.1. The molecule has 0 aromatic heterocycles. The Morgan fingerprint density at radius 3 is 2.52 bits per heavy atom. The van der Waals surface area contributed by atoms with Crippen molar-refractivity contribution in [3.8, 4) is 11.8 Å². The van der Waals surface area contributed by atoms with Crippen molar-refractivity contribution in [3.05, 3.63) is 76.6 Å². The molecule has 0 spiro atoms. The van der Waals surface area contributed by atoms with Gasteiger partial charge in [-0.3, -0.25) is 0 Å². The molecule has 0 N–H and O–H groups in total. The van der Waals surface area contributed by atoms with E-state index >= 15 is 0 Å². The van der Waals surface area contributed by atoms with Crippen molar-refractivity contribution < 1.29 is 22.7 Å². The van der Waals surface area contributed by atoms with E-state index < -0.39 is 29.0 Å². The fraction of sp³-hybridized carbons (Fsp3) is 0.143. The summed E-state index contributed by atoms with van der Waals surface area (Å²) in [5.41, 5.74) is -0.134. The Bertz CT molecular complexity index is 1090. The normalized spacial score (nSPS) is 10.6. The number of nitriles is 1. The smallest absolute Gasteiger partial charge is 0.346 e. The predicted octanol–water partition coefficient (Wildman–Crippen LogP) is 5.30. The molecule has 6 heteroatoms. The summed E-state index contributed by atoms with van der Waals surface area (Å²) in [6, 6.07) is 10.6. The molecule has 0 unspecified atom stereocenters. The fourth-order valence-corrected chi connectivity index (χ4v) is 2.80. The second-order valence-corrected chi connectivity index (χ2v) is 6.00. The molecule has 0 radical (unpaired) electrons. The van der Waals surface area contributed by atoms with Crippen molar-refractivity contribution in [2.75, 3.05) is 0 Å². The third-order valence-corrected chi connectivity index (χ3v) is 4.11. The lowest BCUT2D eigenvalue weighted by atomic mass is 10.1. The van der Waals surface area contributed by atoms with Crippen LogP contribution in [0.3, 0.4) is 0 Å². The monoisotopic (exact) mass is 369 g/mol. The first-order chi connectivity index (χ1) is 12.9. The summed E-state index contributed by atoms with van der Waals surface area (Å²) >= 11 is 0. The van der Waals surface area contributed by atoms with Gasteiger partial charge in [-0.05, 0) is 53.8 Å². The molecule has 3 aromatic carbocycles. The zero-order chi connectivity index (χ0) is 19.6. The highest BCUT2D eigenvalue weighted by Gasteiger charge is 2.17. The van der Waals surface area contributed by atoms with Crippen LogP contribution < -0.4 is 4.74 Å². The molecule has 0 aliphatic carbocycles. The number of halogens is 3. The van der Waals surface area contributed by atoms with E-state index in [1.54, 1.807) is 6.07 Å². The lowest BCUT2D eigenvalue weighted by Crippen LogP contribution is -2.11.